The maximum atomic E-state index is 12.7. The standard InChI is InChI=1S/C23H29N7O3S/c1-4-5-10-29-21-20(22(32)26-23(29)33)30(13-14(2)3)18(25-21)8-9-19(31)24-17-12-15(27-28-17)16-7-6-11-34-16/h6-7,11-12,14H,4-5,8-10,13H2,1-3H3,(H,26,32,33)(H2,24,27,28,31). The van der Waals surface area contributed by atoms with E-state index in [1.54, 1.807) is 17.4 Å². The van der Waals surface area contributed by atoms with Crippen LogP contribution < -0.4 is 16.6 Å². The zero-order valence-electron chi connectivity index (χ0n) is 19.6. The van der Waals surface area contributed by atoms with Crippen LogP contribution in [0.2, 0.25) is 0 Å². The molecule has 0 saturated heterocycles. The summed E-state index contributed by atoms with van der Waals surface area (Å²) in [5.74, 6) is 1.11. The number of nitrogens with zero attached hydrogens (tertiary/aromatic N) is 4. The fourth-order valence-corrected chi connectivity index (χ4v) is 4.56. The van der Waals surface area contributed by atoms with Gasteiger partial charge in [0.15, 0.2) is 17.0 Å². The van der Waals surface area contributed by atoms with Crippen molar-refractivity contribution < 1.29 is 4.79 Å². The molecule has 0 spiro atoms. The molecule has 4 rings (SSSR count). The molecule has 0 unspecified atom stereocenters. The SMILES string of the molecule is CCCCn1c(=O)[nH]c(=O)c2c1nc(CCC(=O)Nc1cc(-c3cccs3)[nH]n1)n2CC(C)C. The highest BCUT2D eigenvalue weighted by Gasteiger charge is 2.20. The average Bonchev–Trinajstić information content (AvgIpc) is 3.52. The highest BCUT2D eigenvalue weighted by molar-refractivity contribution is 7.13. The molecule has 0 bridgehead atoms. The smallest absolute Gasteiger partial charge is 0.322 e. The molecule has 4 aromatic heterocycles. The molecular weight excluding hydrogens is 454 g/mol. The number of unbranched alkanes of at least 4 members (excludes halogenated alkanes) is 1. The van der Waals surface area contributed by atoms with Crippen molar-refractivity contribution >= 4 is 34.2 Å². The number of H-pyrrole nitrogens is 2. The summed E-state index contributed by atoms with van der Waals surface area (Å²) < 4.78 is 3.37. The van der Waals surface area contributed by atoms with Crippen molar-refractivity contribution in [2.75, 3.05) is 5.32 Å². The summed E-state index contributed by atoms with van der Waals surface area (Å²) in [6.07, 6.45) is 2.21. The van der Waals surface area contributed by atoms with Crippen LogP contribution >= 0.6 is 11.3 Å². The van der Waals surface area contributed by atoms with Gasteiger partial charge in [-0.05, 0) is 23.8 Å². The zero-order chi connectivity index (χ0) is 24.2. The number of carbonyl (C=O) groups is 1. The Labute approximate surface area is 200 Å². The number of amides is 1. The second-order valence-corrected chi connectivity index (χ2v) is 9.61. The molecule has 0 fully saturated rings. The predicted molar refractivity (Wildman–Crippen MR) is 133 cm³/mol. The molecule has 4 aromatic rings. The second kappa shape index (κ2) is 10.2. The third-order valence-electron chi connectivity index (χ3n) is 5.46. The minimum atomic E-state index is -0.454. The molecular formula is C23H29N7O3S. The van der Waals surface area contributed by atoms with E-state index in [1.807, 2.05) is 42.9 Å². The largest absolute Gasteiger partial charge is 0.330 e. The van der Waals surface area contributed by atoms with Crippen molar-refractivity contribution in [3.8, 4) is 10.6 Å². The lowest BCUT2D eigenvalue weighted by Crippen LogP contribution is -2.31. The summed E-state index contributed by atoms with van der Waals surface area (Å²) in [4.78, 5) is 45.9. The van der Waals surface area contributed by atoms with Gasteiger partial charge in [-0.15, -0.1) is 11.3 Å². The third-order valence-corrected chi connectivity index (χ3v) is 6.36. The molecule has 34 heavy (non-hydrogen) atoms. The molecule has 0 aliphatic rings. The van der Waals surface area contributed by atoms with Crippen molar-refractivity contribution in [1.82, 2.24) is 29.3 Å². The first kappa shape index (κ1) is 23.7. The molecule has 11 heteroatoms. The van der Waals surface area contributed by atoms with Crippen LogP contribution in [0.4, 0.5) is 5.82 Å². The quantitative estimate of drug-likeness (QED) is 0.318. The van der Waals surface area contributed by atoms with Crippen LogP contribution in [0.5, 0.6) is 0 Å². The van der Waals surface area contributed by atoms with Gasteiger partial charge in [0.1, 0.15) is 5.82 Å². The number of hydrogen-bond acceptors (Lipinski definition) is 6. The summed E-state index contributed by atoms with van der Waals surface area (Å²) in [6.45, 7) is 7.18. The molecule has 0 aromatic carbocycles. The van der Waals surface area contributed by atoms with Gasteiger partial charge in [0.25, 0.3) is 5.56 Å². The number of nitrogens with one attached hydrogen (secondary N) is 3. The fourth-order valence-electron chi connectivity index (χ4n) is 3.87. The van der Waals surface area contributed by atoms with E-state index in [0.29, 0.717) is 42.3 Å². The summed E-state index contributed by atoms with van der Waals surface area (Å²) in [5.41, 5.74) is 0.700. The first-order chi connectivity index (χ1) is 16.4. The van der Waals surface area contributed by atoms with Gasteiger partial charge in [-0.1, -0.05) is 33.3 Å². The van der Waals surface area contributed by atoms with Crippen LogP contribution in [0, 0.1) is 5.92 Å². The minimum Gasteiger partial charge on any atom is -0.322 e. The van der Waals surface area contributed by atoms with Crippen LogP contribution in [-0.4, -0.2) is 35.2 Å². The average molecular weight is 484 g/mol. The van der Waals surface area contributed by atoms with E-state index in [-0.39, 0.29) is 18.2 Å². The van der Waals surface area contributed by atoms with Crippen molar-refractivity contribution in [2.45, 2.75) is 59.5 Å². The molecule has 10 nitrogen and oxygen atoms in total. The number of carbonyl (C=O) groups excluding carboxylic acids is 1. The van der Waals surface area contributed by atoms with Gasteiger partial charge in [-0.2, -0.15) is 5.10 Å². The Hall–Kier alpha value is -3.47. The van der Waals surface area contributed by atoms with Crippen molar-refractivity contribution in [1.29, 1.82) is 0 Å². The van der Waals surface area contributed by atoms with E-state index in [0.717, 1.165) is 23.4 Å². The van der Waals surface area contributed by atoms with Crippen LogP contribution in [0.15, 0.2) is 33.2 Å². The van der Waals surface area contributed by atoms with E-state index < -0.39 is 11.2 Å². The Morgan fingerprint density at radius 1 is 1.26 bits per heavy atom. The number of hydrogen-bond donors (Lipinski definition) is 3. The number of thiophene rings is 1. The summed E-state index contributed by atoms with van der Waals surface area (Å²) >= 11 is 1.58. The molecule has 0 aliphatic heterocycles. The molecule has 0 saturated carbocycles. The van der Waals surface area contributed by atoms with Gasteiger partial charge in [-0.3, -0.25) is 24.2 Å². The number of anilines is 1. The highest BCUT2D eigenvalue weighted by atomic mass is 32.1. The summed E-state index contributed by atoms with van der Waals surface area (Å²) in [6, 6.07) is 5.73. The van der Waals surface area contributed by atoms with Gasteiger partial charge < -0.3 is 9.88 Å². The van der Waals surface area contributed by atoms with E-state index in [4.69, 9.17) is 0 Å². The molecule has 4 heterocycles. The van der Waals surface area contributed by atoms with Gasteiger partial charge in [0.2, 0.25) is 5.91 Å². The van der Waals surface area contributed by atoms with E-state index in [2.05, 4.69) is 25.5 Å². The van der Waals surface area contributed by atoms with Crippen LogP contribution in [0.25, 0.3) is 21.7 Å². The Morgan fingerprint density at radius 2 is 2.09 bits per heavy atom. The maximum absolute atomic E-state index is 12.7. The van der Waals surface area contributed by atoms with Crippen LogP contribution in [0.1, 0.15) is 45.9 Å². The molecule has 0 aliphatic carbocycles. The highest BCUT2D eigenvalue weighted by Crippen LogP contribution is 2.24. The van der Waals surface area contributed by atoms with Crippen LogP contribution in [-0.2, 0) is 24.3 Å². The molecule has 0 atom stereocenters. The first-order valence-corrected chi connectivity index (χ1v) is 12.4. The molecule has 1 amide bonds. The third kappa shape index (κ3) is 5.04. The number of aromatic amines is 2. The Bertz CT molecular complexity index is 1390. The first-order valence-electron chi connectivity index (χ1n) is 11.5. The van der Waals surface area contributed by atoms with Gasteiger partial charge in [0.05, 0.1) is 10.6 Å². The fraction of sp³-hybridized carbons (Fsp3) is 0.435. The maximum Gasteiger partial charge on any atom is 0.330 e. The lowest BCUT2D eigenvalue weighted by Gasteiger charge is -2.11. The Balaban J connectivity index is 1.57. The number of rotatable bonds is 10. The minimum absolute atomic E-state index is 0.166. The molecule has 0 radical (unpaired) electrons. The van der Waals surface area contributed by atoms with E-state index in [9.17, 15) is 14.4 Å². The normalized spacial score (nSPS) is 11.5. The van der Waals surface area contributed by atoms with Gasteiger partial charge in [-0.25, -0.2) is 9.78 Å². The lowest BCUT2D eigenvalue weighted by molar-refractivity contribution is -0.116. The summed E-state index contributed by atoms with van der Waals surface area (Å²) in [5, 5.41) is 11.9. The van der Waals surface area contributed by atoms with Crippen LogP contribution in [0.3, 0.4) is 0 Å². The molecule has 3 N–H and O–H groups in total. The Morgan fingerprint density at radius 3 is 2.79 bits per heavy atom. The molecule has 180 valence electrons. The Kier molecular flexibility index (Phi) is 7.11. The monoisotopic (exact) mass is 483 g/mol. The number of aryl methyl sites for hydroxylation is 2. The predicted octanol–water partition coefficient (Wildman–Crippen LogP) is 3.37. The van der Waals surface area contributed by atoms with E-state index in [1.165, 1.54) is 4.57 Å². The van der Waals surface area contributed by atoms with Crippen molar-refractivity contribution in [2.24, 2.45) is 5.92 Å². The summed E-state index contributed by atoms with van der Waals surface area (Å²) in [7, 11) is 0. The van der Waals surface area contributed by atoms with E-state index >= 15 is 0 Å². The van der Waals surface area contributed by atoms with Crippen molar-refractivity contribution in [3.63, 3.8) is 0 Å². The second-order valence-electron chi connectivity index (χ2n) is 8.66. The lowest BCUT2D eigenvalue weighted by atomic mass is 10.2. The van der Waals surface area contributed by atoms with Gasteiger partial charge in [0, 0.05) is 32.0 Å². The number of aromatic nitrogens is 6. The van der Waals surface area contributed by atoms with Crippen molar-refractivity contribution in [3.05, 3.63) is 50.2 Å². The number of fused-ring (bicyclic) bond motifs is 1. The van der Waals surface area contributed by atoms with Gasteiger partial charge >= 0.3 is 5.69 Å². The number of imidazole rings is 1. The topological polar surface area (TPSA) is 130 Å². The zero-order valence-corrected chi connectivity index (χ0v) is 20.4.